The van der Waals surface area contributed by atoms with Crippen molar-refractivity contribution in [3.63, 3.8) is 0 Å². The number of amides is 1. The molecule has 0 spiro atoms. The number of aliphatic carboxylic acids is 1. The first-order valence-electron chi connectivity index (χ1n) is 5.26. The summed E-state index contributed by atoms with van der Waals surface area (Å²) < 4.78 is 0. The van der Waals surface area contributed by atoms with Gasteiger partial charge in [-0.05, 0) is 32.6 Å². The third kappa shape index (κ3) is 3.20. The third-order valence-corrected chi connectivity index (χ3v) is 2.87. The van der Waals surface area contributed by atoms with Crippen molar-refractivity contribution in [1.82, 2.24) is 5.32 Å². The number of hydrogen-bond acceptors (Lipinski definition) is 3. The van der Waals surface area contributed by atoms with E-state index in [2.05, 4.69) is 5.32 Å². The minimum atomic E-state index is -0.845. The fourth-order valence-electron chi connectivity index (χ4n) is 1.56. The van der Waals surface area contributed by atoms with Gasteiger partial charge in [0.15, 0.2) is 0 Å². The van der Waals surface area contributed by atoms with Gasteiger partial charge in [-0.3, -0.25) is 9.59 Å². The quantitative estimate of drug-likeness (QED) is 0.611. The largest absolute Gasteiger partial charge is 0.481 e. The lowest BCUT2D eigenvalue weighted by Crippen LogP contribution is -2.59. The Morgan fingerprint density at radius 2 is 2.13 bits per heavy atom. The Balaban J connectivity index is 2.28. The smallest absolute Gasteiger partial charge is 0.303 e. The second kappa shape index (κ2) is 4.61. The van der Waals surface area contributed by atoms with Gasteiger partial charge >= 0.3 is 5.97 Å². The van der Waals surface area contributed by atoms with E-state index >= 15 is 0 Å². The molecule has 0 aromatic carbocycles. The van der Waals surface area contributed by atoms with Crippen LogP contribution >= 0.6 is 0 Å². The molecule has 86 valence electrons. The second-order valence-electron chi connectivity index (χ2n) is 4.32. The maximum absolute atomic E-state index is 11.6. The van der Waals surface area contributed by atoms with Gasteiger partial charge < -0.3 is 16.2 Å². The lowest BCUT2D eigenvalue weighted by molar-refractivity contribution is -0.137. The van der Waals surface area contributed by atoms with E-state index in [4.69, 9.17) is 10.8 Å². The van der Waals surface area contributed by atoms with Crippen molar-refractivity contribution in [2.75, 3.05) is 0 Å². The molecule has 0 aromatic heterocycles. The van der Waals surface area contributed by atoms with Crippen molar-refractivity contribution in [3.05, 3.63) is 0 Å². The summed E-state index contributed by atoms with van der Waals surface area (Å²) in [5.74, 6) is -0.992. The van der Waals surface area contributed by atoms with E-state index < -0.39 is 11.5 Å². The van der Waals surface area contributed by atoms with Gasteiger partial charge in [-0.1, -0.05) is 0 Å². The summed E-state index contributed by atoms with van der Waals surface area (Å²) in [6, 6.07) is -0.130. The van der Waals surface area contributed by atoms with Crippen molar-refractivity contribution in [1.29, 1.82) is 0 Å². The van der Waals surface area contributed by atoms with Crippen molar-refractivity contribution < 1.29 is 14.7 Å². The fraction of sp³-hybridized carbons (Fsp3) is 0.800. The van der Waals surface area contributed by atoms with Crippen molar-refractivity contribution in [3.8, 4) is 0 Å². The summed E-state index contributed by atoms with van der Waals surface area (Å²) in [6.45, 7) is 1.79. The minimum absolute atomic E-state index is 0.0685. The number of nitrogens with one attached hydrogen (secondary N) is 1. The fourth-order valence-corrected chi connectivity index (χ4v) is 1.56. The van der Waals surface area contributed by atoms with Crippen molar-refractivity contribution >= 4 is 11.9 Å². The summed E-state index contributed by atoms with van der Waals surface area (Å²) in [7, 11) is 0. The topological polar surface area (TPSA) is 92.4 Å². The van der Waals surface area contributed by atoms with Gasteiger partial charge in [0.2, 0.25) is 5.91 Å². The molecule has 0 aliphatic heterocycles. The molecule has 15 heavy (non-hydrogen) atoms. The van der Waals surface area contributed by atoms with Crippen LogP contribution in [0, 0.1) is 0 Å². The average Bonchev–Trinajstić information content (AvgIpc) is 2.10. The highest BCUT2D eigenvalue weighted by atomic mass is 16.4. The van der Waals surface area contributed by atoms with E-state index in [-0.39, 0.29) is 18.4 Å². The molecule has 1 fully saturated rings. The Hall–Kier alpha value is -1.10. The Morgan fingerprint density at radius 1 is 1.53 bits per heavy atom. The second-order valence-corrected chi connectivity index (χ2v) is 4.32. The van der Waals surface area contributed by atoms with E-state index in [1.54, 1.807) is 6.92 Å². The highest BCUT2D eigenvalue weighted by Gasteiger charge is 2.40. The van der Waals surface area contributed by atoms with Crippen molar-refractivity contribution in [2.24, 2.45) is 5.73 Å². The normalized spacial score (nSPS) is 20.1. The number of carboxylic acids is 1. The Labute approximate surface area is 89.0 Å². The molecule has 0 heterocycles. The molecule has 1 rings (SSSR count). The number of carbonyl (C=O) groups is 2. The maximum atomic E-state index is 11.6. The number of carbonyl (C=O) groups excluding carboxylic acids is 1. The summed E-state index contributed by atoms with van der Waals surface area (Å²) in [5, 5.41) is 11.2. The number of nitrogens with two attached hydrogens (primary N) is 1. The number of rotatable bonds is 5. The predicted octanol–water partition coefficient (Wildman–Crippen LogP) is 0.237. The van der Waals surface area contributed by atoms with E-state index in [0.717, 1.165) is 19.3 Å². The molecule has 0 radical (unpaired) electrons. The summed E-state index contributed by atoms with van der Waals surface area (Å²) >= 11 is 0. The van der Waals surface area contributed by atoms with Crippen LogP contribution in [0.25, 0.3) is 0 Å². The maximum Gasteiger partial charge on any atom is 0.303 e. The number of hydrogen-bond donors (Lipinski definition) is 3. The molecule has 1 saturated carbocycles. The molecule has 1 aliphatic rings. The van der Waals surface area contributed by atoms with Gasteiger partial charge in [-0.2, -0.15) is 0 Å². The highest BCUT2D eigenvalue weighted by Crippen LogP contribution is 2.29. The summed E-state index contributed by atoms with van der Waals surface area (Å²) in [5.41, 5.74) is 5.13. The van der Waals surface area contributed by atoms with Gasteiger partial charge in [0, 0.05) is 12.5 Å². The average molecular weight is 214 g/mol. The lowest BCUT2D eigenvalue weighted by atomic mass is 9.77. The van der Waals surface area contributed by atoms with Crippen LogP contribution in [0.4, 0.5) is 0 Å². The molecule has 1 unspecified atom stereocenters. The van der Waals surface area contributed by atoms with Crippen molar-refractivity contribution in [2.45, 2.75) is 50.6 Å². The molecule has 0 saturated heterocycles. The van der Waals surface area contributed by atoms with E-state index in [1.807, 2.05) is 0 Å². The van der Waals surface area contributed by atoms with Gasteiger partial charge in [0.05, 0.1) is 5.54 Å². The van der Waals surface area contributed by atoms with Crippen LogP contribution in [-0.2, 0) is 9.59 Å². The molecule has 1 atom stereocenters. The van der Waals surface area contributed by atoms with Gasteiger partial charge in [-0.25, -0.2) is 0 Å². The van der Waals surface area contributed by atoms with Crippen LogP contribution in [0.1, 0.15) is 39.0 Å². The molecule has 1 amide bonds. The zero-order valence-corrected chi connectivity index (χ0v) is 8.95. The molecule has 0 aromatic rings. The Kier molecular flexibility index (Phi) is 3.68. The molecular formula is C10H18N2O3. The Morgan fingerprint density at radius 3 is 2.53 bits per heavy atom. The third-order valence-electron chi connectivity index (χ3n) is 2.87. The van der Waals surface area contributed by atoms with E-state index in [1.165, 1.54) is 0 Å². The summed E-state index contributed by atoms with van der Waals surface area (Å²) in [6.07, 6.45) is 2.96. The first-order valence-corrected chi connectivity index (χ1v) is 5.26. The predicted molar refractivity (Wildman–Crippen MR) is 55.2 cm³/mol. The molecule has 0 bridgehead atoms. The zero-order chi connectivity index (χ0) is 11.5. The van der Waals surface area contributed by atoms with E-state index in [9.17, 15) is 9.59 Å². The Bertz CT molecular complexity index is 261. The molecule has 1 aliphatic carbocycles. The zero-order valence-electron chi connectivity index (χ0n) is 8.95. The molecule has 4 N–H and O–H groups in total. The van der Waals surface area contributed by atoms with Crippen LogP contribution in [0.5, 0.6) is 0 Å². The SMILES string of the molecule is CC(CCC(=O)O)NC(=O)C1(N)CCC1. The monoisotopic (exact) mass is 214 g/mol. The standard InChI is InChI=1S/C10H18N2O3/c1-7(3-4-8(13)14)12-9(15)10(11)5-2-6-10/h7H,2-6,11H2,1H3,(H,12,15)(H,13,14). The first-order chi connectivity index (χ1) is 6.94. The minimum Gasteiger partial charge on any atom is -0.481 e. The lowest BCUT2D eigenvalue weighted by Gasteiger charge is -2.37. The first kappa shape index (κ1) is 12.0. The van der Waals surface area contributed by atoms with Crippen LogP contribution in [0.15, 0.2) is 0 Å². The van der Waals surface area contributed by atoms with Crippen LogP contribution in [0.2, 0.25) is 0 Å². The molecule has 5 heteroatoms. The van der Waals surface area contributed by atoms with Crippen LogP contribution < -0.4 is 11.1 Å². The van der Waals surface area contributed by atoms with Gasteiger partial charge in [-0.15, -0.1) is 0 Å². The van der Waals surface area contributed by atoms with Gasteiger partial charge in [0.1, 0.15) is 0 Å². The number of carboxylic acid groups (broad SMARTS) is 1. The summed E-state index contributed by atoms with van der Waals surface area (Å²) in [4.78, 5) is 21.9. The van der Waals surface area contributed by atoms with Crippen LogP contribution in [-0.4, -0.2) is 28.6 Å². The highest BCUT2D eigenvalue weighted by molar-refractivity contribution is 5.87. The molecular weight excluding hydrogens is 196 g/mol. The van der Waals surface area contributed by atoms with Gasteiger partial charge in [0.25, 0.3) is 0 Å². The molecule has 5 nitrogen and oxygen atoms in total. The van der Waals surface area contributed by atoms with E-state index in [0.29, 0.717) is 6.42 Å². The van der Waals surface area contributed by atoms with Crippen LogP contribution in [0.3, 0.4) is 0 Å².